The van der Waals surface area contributed by atoms with Gasteiger partial charge in [0.15, 0.2) is 0 Å². The normalized spacial score (nSPS) is 17.4. The Labute approximate surface area is 170 Å². The molecule has 1 N–H and O–H groups in total. The zero-order chi connectivity index (χ0) is 19.6. The van der Waals surface area contributed by atoms with Gasteiger partial charge in [-0.15, -0.1) is 0 Å². The predicted octanol–water partition coefficient (Wildman–Crippen LogP) is 3.90. The Bertz CT molecular complexity index is 987. The molecule has 7 nitrogen and oxygen atoms in total. The Hall–Kier alpha value is -2.51. The molecule has 152 valence electrons. The third-order valence-corrected chi connectivity index (χ3v) is 6.11. The van der Waals surface area contributed by atoms with Gasteiger partial charge in [-0.1, -0.05) is 36.6 Å². The van der Waals surface area contributed by atoms with Crippen LogP contribution >= 0.6 is 0 Å². The van der Waals surface area contributed by atoms with E-state index in [1.807, 2.05) is 6.20 Å². The number of rotatable bonds is 5. The molecule has 1 aliphatic heterocycles. The van der Waals surface area contributed by atoms with Crippen molar-refractivity contribution in [3.05, 3.63) is 41.2 Å². The first-order valence-corrected chi connectivity index (χ1v) is 10.6. The fourth-order valence-corrected chi connectivity index (χ4v) is 4.55. The van der Waals surface area contributed by atoms with Gasteiger partial charge in [-0.05, 0) is 43.0 Å². The summed E-state index contributed by atoms with van der Waals surface area (Å²) in [5, 5.41) is 12.3. The first-order chi connectivity index (χ1) is 14.3. The van der Waals surface area contributed by atoms with Crippen molar-refractivity contribution in [3.63, 3.8) is 0 Å². The first-order valence-electron chi connectivity index (χ1n) is 10.6. The van der Waals surface area contributed by atoms with Gasteiger partial charge in [0.2, 0.25) is 5.82 Å². The van der Waals surface area contributed by atoms with Crippen LogP contribution in [0.4, 0.5) is 0 Å². The molecule has 3 aromatic rings. The topological polar surface area (TPSA) is 78.0 Å². The molecule has 1 fully saturated rings. The summed E-state index contributed by atoms with van der Waals surface area (Å²) in [5.74, 6) is 1.13. The van der Waals surface area contributed by atoms with Crippen LogP contribution in [-0.2, 0) is 24.3 Å². The van der Waals surface area contributed by atoms with Gasteiger partial charge in [0.1, 0.15) is 0 Å². The SMILES string of the molecule is COCc1c(-c2nc(-c3ccc4c(c3)CCNC4)no2)cnn1C1CCCCC1. The Balaban J connectivity index is 1.46. The lowest BCUT2D eigenvalue weighted by atomic mass is 9.95. The molecule has 2 aliphatic rings. The molecule has 7 heteroatoms. The Morgan fingerprint density at radius 3 is 2.97 bits per heavy atom. The summed E-state index contributed by atoms with van der Waals surface area (Å²) < 4.78 is 13.3. The van der Waals surface area contributed by atoms with Crippen LogP contribution < -0.4 is 5.32 Å². The number of nitrogens with one attached hydrogen (secondary N) is 1. The van der Waals surface area contributed by atoms with Crippen molar-refractivity contribution in [2.75, 3.05) is 13.7 Å². The number of aromatic nitrogens is 4. The second kappa shape index (κ2) is 8.08. The quantitative estimate of drug-likeness (QED) is 0.708. The van der Waals surface area contributed by atoms with Crippen LogP contribution in [0.5, 0.6) is 0 Å². The molecule has 3 heterocycles. The van der Waals surface area contributed by atoms with Crippen LogP contribution in [0.15, 0.2) is 28.9 Å². The van der Waals surface area contributed by atoms with Gasteiger partial charge in [-0.3, -0.25) is 4.68 Å². The molecule has 0 amide bonds. The van der Waals surface area contributed by atoms with E-state index in [0.29, 0.717) is 24.4 Å². The molecule has 2 aromatic heterocycles. The van der Waals surface area contributed by atoms with E-state index in [0.717, 1.165) is 49.2 Å². The van der Waals surface area contributed by atoms with Gasteiger partial charge in [-0.2, -0.15) is 10.1 Å². The van der Waals surface area contributed by atoms with Crippen molar-refractivity contribution in [3.8, 4) is 22.8 Å². The van der Waals surface area contributed by atoms with Gasteiger partial charge >= 0.3 is 0 Å². The minimum absolute atomic E-state index is 0.430. The number of nitrogens with zero attached hydrogens (tertiary/aromatic N) is 4. The highest BCUT2D eigenvalue weighted by atomic mass is 16.5. The molecule has 1 aromatic carbocycles. The van der Waals surface area contributed by atoms with Crippen LogP contribution in [0.1, 0.15) is 55.0 Å². The van der Waals surface area contributed by atoms with E-state index in [-0.39, 0.29) is 0 Å². The molecule has 1 aliphatic carbocycles. The zero-order valence-electron chi connectivity index (χ0n) is 16.9. The van der Waals surface area contributed by atoms with Crippen LogP contribution in [0.2, 0.25) is 0 Å². The van der Waals surface area contributed by atoms with Crippen molar-refractivity contribution in [1.29, 1.82) is 0 Å². The van der Waals surface area contributed by atoms with Gasteiger partial charge in [-0.25, -0.2) is 0 Å². The fourth-order valence-electron chi connectivity index (χ4n) is 4.55. The number of benzene rings is 1. The molecule has 0 bridgehead atoms. The van der Waals surface area contributed by atoms with E-state index in [4.69, 9.17) is 14.2 Å². The molecule has 0 atom stereocenters. The number of fused-ring (bicyclic) bond motifs is 1. The third-order valence-electron chi connectivity index (χ3n) is 6.11. The molecule has 0 saturated heterocycles. The highest BCUT2D eigenvalue weighted by molar-refractivity contribution is 5.62. The van der Waals surface area contributed by atoms with E-state index in [9.17, 15) is 0 Å². The maximum absolute atomic E-state index is 5.65. The number of hydrogen-bond donors (Lipinski definition) is 1. The Morgan fingerprint density at radius 2 is 2.10 bits per heavy atom. The summed E-state index contributed by atoms with van der Waals surface area (Å²) >= 11 is 0. The number of ether oxygens (including phenoxy) is 1. The van der Waals surface area contributed by atoms with Crippen molar-refractivity contribution < 1.29 is 9.26 Å². The third kappa shape index (κ3) is 3.60. The lowest BCUT2D eigenvalue weighted by molar-refractivity contribution is 0.171. The van der Waals surface area contributed by atoms with Crippen molar-refractivity contribution in [2.45, 2.75) is 57.7 Å². The number of methoxy groups -OCH3 is 1. The second-order valence-corrected chi connectivity index (χ2v) is 8.01. The second-order valence-electron chi connectivity index (χ2n) is 8.01. The fraction of sp³-hybridized carbons (Fsp3) is 0.500. The van der Waals surface area contributed by atoms with E-state index < -0.39 is 0 Å². The maximum Gasteiger partial charge on any atom is 0.261 e. The molecular weight excluding hydrogens is 366 g/mol. The largest absolute Gasteiger partial charge is 0.378 e. The highest BCUT2D eigenvalue weighted by Gasteiger charge is 2.24. The molecule has 1 saturated carbocycles. The Kier molecular flexibility index (Phi) is 5.16. The summed E-state index contributed by atoms with van der Waals surface area (Å²) in [5.41, 5.74) is 5.59. The predicted molar refractivity (Wildman–Crippen MR) is 109 cm³/mol. The molecule has 0 unspecified atom stereocenters. The lowest BCUT2D eigenvalue weighted by Gasteiger charge is -2.24. The minimum Gasteiger partial charge on any atom is -0.378 e. The monoisotopic (exact) mass is 393 g/mol. The Morgan fingerprint density at radius 1 is 1.21 bits per heavy atom. The van der Waals surface area contributed by atoms with Gasteiger partial charge in [0.05, 0.1) is 30.1 Å². The van der Waals surface area contributed by atoms with Gasteiger partial charge < -0.3 is 14.6 Å². The van der Waals surface area contributed by atoms with Crippen LogP contribution in [-0.4, -0.2) is 33.6 Å². The van der Waals surface area contributed by atoms with Crippen LogP contribution in [0, 0.1) is 0 Å². The van der Waals surface area contributed by atoms with Crippen LogP contribution in [0.25, 0.3) is 22.8 Å². The lowest BCUT2D eigenvalue weighted by Crippen LogP contribution is -2.23. The first kappa shape index (κ1) is 18.5. The summed E-state index contributed by atoms with van der Waals surface area (Å²) in [7, 11) is 1.71. The van der Waals surface area contributed by atoms with Gasteiger partial charge in [0.25, 0.3) is 5.89 Å². The molecule has 5 rings (SSSR count). The van der Waals surface area contributed by atoms with E-state index in [1.54, 1.807) is 7.11 Å². The van der Waals surface area contributed by atoms with E-state index in [1.165, 1.54) is 30.4 Å². The average Bonchev–Trinajstić information content (AvgIpc) is 3.42. The standard InChI is InChI=1S/C22H27N5O2/c1-28-14-20-19(13-24-27(20)18-5-3-2-4-6-18)22-25-21(26-29-22)16-7-8-17-12-23-10-9-15(17)11-16/h7-8,11,13,18,23H,2-6,9-10,12,14H2,1H3. The van der Waals surface area contributed by atoms with Gasteiger partial charge in [0, 0.05) is 19.2 Å². The summed E-state index contributed by atoms with van der Waals surface area (Å²) in [4.78, 5) is 4.70. The smallest absolute Gasteiger partial charge is 0.261 e. The number of hydrogen-bond acceptors (Lipinski definition) is 6. The van der Waals surface area contributed by atoms with Crippen LogP contribution in [0.3, 0.4) is 0 Å². The summed E-state index contributed by atoms with van der Waals surface area (Å²) in [6.45, 7) is 2.41. The van der Waals surface area contributed by atoms with E-state index >= 15 is 0 Å². The average molecular weight is 393 g/mol. The molecule has 0 radical (unpaired) electrons. The zero-order valence-corrected chi connectivity index (χ0v) is 16.9. The molecule has 29 heavy (non-hydrogen) atoms. The maximum atomic E-state index is 5.65. The van der Waals surface area contributed by atoms with E-state index in [2.05, 4.69) is 38.5 Å². The van der Waals surface area contributed by atoms with Crippen molar-refractivity contribution in [1.82, 2.24) is 25.2 Å². The highest BCUT2D eigenvalue weighted by Crippen LogP contribution is 2.33. The van der Waals surface area contributed by atoms with Crippen molar-refractivity contribution >= 4 is 0 Å². The minimum atomic E-state index is 0.430. The molecule has 0 spiro atoms. The van der Waals surface area contributed by atoms with Crippen molar-refractivity contribution in [2.24, 2.45) is 0 Å². The molecular formula is C22H27N5O2. The summed E-state index contributed by atoms with van der Waals surface area (Å²) in [6, 6.07) is 6.85. The summed E-state index contributed by atoms with van der Waals surface area (Å²) in [6.07, 6.45) is 9.02.